The lowest BCUT2D eigenvalue weighted by atomic mass is 9.77. The Kier molecular flexibility index (Phi) is 6.30. The van der Waals surface area contributed by atoms with Gasteiger partial charge in [-0.15, -0.1) is 0 Å². The second kappa shape index (κ2) is 8.79. The molecule has 0 N–H and O–H groups in total. The number of nitrogens with zero attached hydrogens (tertiary/aromatic N) is 1. The molecule has 4 rings (SSSR count). The lowest BCUT2D eigenvalue weighted by molar-refractivity contribution is -0.135. The Labute approximate surface area is 184 Å². The fourth-order valence-electron chi connectivity index (χ4n) is 4.64. The Balaban J connectivity index is 1.65. The molecule has 30 heavy (non-hydrogen) atoms. The van der Waals surface area contributed by atoms with Crippen LogP contribution in [0.1, 0.15) is 51.1 Å². The number of ether oxygens (including phenoxy) is 2. The van der Waals surface area contributed by atoms with E-state index in [0.717, 1.165) is 18.4 Å². The molecule has 1 amide bonds. The topological polar surface area (TPSA) is 55.8 Å². The van der Waals surface area contributed by atoms with E-state index in [1.165, 1.54) is 12.1 Å². The van der Waals surface area contributed by atoms with Crippen molar-refractivity contribution in [1.82, 2.24) is 4.90 Å². The van der Waals surface area contributed by atoms with E-state index < -0.39 is 6.04 Å². The highest BCUT2D eigenvalue weighted by atomic mass is 79.9. The molecule has 2 heterocycles. The molecule has 2 aliphatic heterocycles. The average molecular weight is 480 g/mol. The minimum absolute atomic E-state index is 0.00555. The molecule has 1 aromatic carbocycles. The summed E-state index contributed by atoms with van der Waals surface area (Å²) in [5, 5.41) is 0. The molecular formula is C23H27BrFNO4. The van der Waals surface area contributed by atoms with E-state index in [0.29, 0.717) is 31.6 Å². The molecule has 0 spiro atoms. The van der Waals surface area contributed by atoms with Gasteiger partial charge in [-0.3, -0.25) is 9.59 Å². The monoisotopic (exact) mass is 479 g/mol. The minimum Gasteiger partial charge on any atom is -0.483 e. The zero-order chi connectivity index (χ0) is 21.4. The van der Waals surface area contributed by atoms with Crippen molar-refractivity contribution in [3.05, 3.63) is 47.0 Å². The van der Waals surface area contributed by atoms with E-state index in [1.807, 2.05) is 13.8 Å². The highest BCUT2D eigenvalue weighted by Crippen LogP contribution is 2.47. The Morgan fingerprint density at radius 3 is 2.67 bits per heavy atom. The third-order valence-electron chi connectivity index (χ3n) is 6.06. The van der Waals surface area contributed by atoms with Crippen molar-refractivity contribution in [2.45, 2.75) is 62.6 Å². The van der Waals surface area contributed by atoms with Gasteiger partial charge < -0.3 is 14.4 Å². The molecule has 0 saturated heterocycles. The summed E-state index contributed by atoms with van der Waals surface area (Å²) in [5.41, 5.74) is 1.15. The second-order valence-corrected chi connectivity index (χ2v) is 9.80. The number of Topliss-reactive ketones (excluding diaryl/α,β-unsaturated/α-hetero) is 1. The molecule has 0 radical (unpaired) electrons. The third kappa shape index (κ3) is 4.06. The molecule has 0 aromatic heterocycles. The van der Waals surface area contributed by atoms with Crippen molar-refractivity contribution >= 4 is 27.6 Å². The number of benzene rings is 1. The number of carbonyl (C=O) groups excluding carboxylic acids is 2. The van der Waals surface area contributed by atoms with Crippen LogP contribution in [0.15, 0.2) is 35.6 Å². The summed E-state index contributed by atoms with van der Waals surface area (Å²) in [6, 6.07) is 5.48. The van der Waals surface area contributed by atoms with E-state index >= 15 is 0 Å². The molecule has 3 aliphatic rings. The van der Waals surface area contributed by atoms with Crippen LogP contribution in [0.4, 0.5) is 4.39 Å². The van der Waals surface area contributed by atoms with Crippen LogP contribution in [0, 0.1) is 11.7 Å². The average Bonchev–Trinajstić information content (AvgIpc) is 2.99. The normalized spacial score (nSPS) is 28.6. The predicted molar refractivity (Wildman–Crippen MR) is 114 cm³/mol. The number of hydrogen-bond acceptors (Lipinski definition) is 4. The first-order valence-corrected chi connectivity index (χ1v) is 11.6. The fourth-order valence-corrected chi connectivity index (χ4v) is 5.31. The first-order chi connectivity index (χ1) is 14.4. The molecule has 0 bridgehead atoms. The van der Waals surface area contributed by atoms with E-state index in [9.17, 15) is 14.0 Å². The summed E-state index contributed by atoms with van der Waals surface area (Å²) in [4.78, 5) is 28.7. The molecular weight excluding hydrogens is 453 g/mol. The molecule has 1 saturated carbocycles. The Morgan fingerprint density at radius 1 is 1.23 bits per heavy atom. The quantitative estimate of drug-likeness (QED) is 0.450. The molecule has 1 aliphatic carbocycles. The lowest BCUT2D eigenvalue weighted by Gasteiger charge is -2.37. The number of hydrogen-bond donors (Lipinski definition) is 0. The van der Waals surface area contributed by atoms with Crippen LogP contribution in [-0.4, -0.2) is 46.8 Å². The summed E-state index contributed by atoms with van der Waals surface area (Å²) in [5.74, 6) is -0.671. The van der Waals surface area contributed by atoms with E-state index in [2.05, 4.69) is 15.9 Å². The van der Waals surface area contributed by atoms with Crippen molar-refractivity contribution in [3.63, 3.8) is 0 Å². The van der Waals surface area contributed by atoms with E-state index in [-0.39, 0.29) is 46.2 Å². The van der Waals surface area contributed by atoms with Gasteiger partial charge in [0.25, 0.3) is 5.91 Å². The van der Waals surface area contributed by atoms with Gasteiger partial charge >= 0.3 is 0 Å². The molecule has 1 fully saturated rings. The summed E-state index contributed by atoms with van der Waals surface area (Å²) in [6.07, 6.45) is 2.89. The highest BCUT2D eigenvalue weighted by Gasteiger charge is 2.52. The smallest absolute Gasteiger partial charge is 0.290 e. The van der Waals surface area contributed by atoms with Gasteiger partial charge in [0.1, 0.15) is 11.9 Å². The van der Waals surface area contributed by atoms with Crippen molar-refractivity contribution in [2.24, 2.45) is 5.92 Å². The van der Waals surface area contributed by atoms with Crippen LogP contribution < -0.4 is 0 Å². The SMILES string of the molecule is CC(C)OCCCN1C(=O)C2=C(C(=O)C3CC(Br)CCC3O2)C1c1ccc(F)cc1. The maximum Gasteiger partial charge on any atom is 0.290 e. The predicted octanol–water partition coefficient (Wildman–Crippen LogP) is 4.31. The Bertz CT molecular complexity index is 853. The van der Waals surface area contributed by atoms with Crippen LogP contribution in [0.2, 0.25) is 0 Å². The standard InChI is InChI=1S/C23H27BrFNO4/c1-13(2)29-11-3-10-26-20(14-4-7-16(25)8-5-14)19-21(27)17-12-15(24)6-9-18(17)30-22(19)23(26)28/h4-5,7-8,13,15,17-18,20H,3,6,9-12H2,1-2H3. The Morgan fingerprint density at radius 2 is 1.97 bits per heavy atom. The zero-order valence-corrected chi connectivity index (χ0v) is 18.9. The van der Waals surface area contributed by atoms with Gasteiger partial charge in [0.05, 0.1) is 23.6 Å². The lowest BCUT2D eigenvalue weighted by Crippen LogP contribution is -2.41. The van der Waals surface area contributed by atoms with Gasteiger partial charge in [-0.1, -0.05) is 28.1 Å². The third-order valence-corrected chi connectivity index (χ3v) is 6.89. The molecule has 1 aromatic rings. The summed E-state index contributed by atoms with van der Waals surface area (Å²) >= 11 is 3.64. The van der Waals surface area contributed by atoms with Crippen molar-refractivity contribution in [2.75, 3.05) is 13.2 Å². The van der Waals surface area contributed by atoms with Gasteiger partial charge in [0.2, 0.25) is 0 Å². The molecule has 4 unspecified atom stereocenters. The summed E-state index contributed by atoms with van der Waals surface area (Å²) < 4.78 is 25.3. The van der Waals surface area contributed by atoms with Crippen LogP contribution >= 0.6 is 15.9 Å². The van der Waals surface area contributed by atoms with E-state index in [4.69, 9.17) is 9.47 Å². The number of carbonyl (C=O) groups is 2. The number of rotatable bonds is 6. The number of halogens is 2. The largest absolute Gasteiger partial charge is 0.483 e. The van der Waals surface area contributed by atoms with Crippen LogP contribution in [-0.2, 0) is 19.1 Å². The molecule has 4 atom stereocenters. The van der Waals surface area contributed by atoms with Crippen LogP contribution in [0.5, 0.6) is 0 Å². The van der Waals surface area contributed by atoms with Crippen molar-refractivity contribution in [1.29, 1.82) is 0 Å². The second-order valence-electron chi connectivity index (χ2n) is 8.51. The highest BCUT2D eigenvalue weighted by molar-refractivity contribution is 9.09. The van der Waals surface area contributed by atoms with E-state index in [1.54, 1.807) is 17.0 Å². The van der Waals surface area contributed by atoms with Crippen LogP contribution in [0.25, 0.3) is 0 Å². The maximum atomic E-state index is 13.5. The first kappa shape index (κ1) is 21.5. The van der Waals surface area contributed by atoms with Gasteiger partial charge in [0.15, 0.2) is 11.5 Å². The van der Waals surface area contributed by atoms with Crippen LogP contribution in [0.3, 0.4) is 0 Å². The molecule has 5 nitrogen and oxygen atoms in total. The minimum atomic E-state index is -0.545. The molecule has 162 valence electrons. The van der Waals surface area contributed by atoms with Gasteiger partial charge in [-0.05, 0) is 57.2 Å². The Hall–Kier alpha value is -1.73. The molecule has 7 heteroatoms. The van der Waals surface area contributed by atoms with Gasteiger partial charge in [-0.2, -0.15) is 0 Å². The summed E-state index contributed by atoms with van der Waals surface area (Å²) in [7, 11) is 0. The fraction of sp³-hybridized carbons (Fsp3) is 0.565. The first-order valence-electron chi connectivity index (χ1n) is 10.6. The summed E-state index contributed by atoms with van der Waals surface area (Å²) in [6.45, 7) is 4.89. The number of amides is 1. The number of ketones is 1. The van der Waals surface area contributed by atoms with Crippen molar-refractivity contribution < 1.29 is 23.5 Å². The van der Waals surface area contributed by atoms with Gasteiger partial charge in [0, 0.05) is 18.0 Å². The zero-order valence-electron chi connectivity index (χ0n) is 17.3. The maximum absolute atomic E-state index is 13.5. The van der Waals surface area contributed by atoms with Crippen molar-refractivity contribution in [3.8, 4) is 0 Å². The van der Waals surface area contributed by atoms with Gasteiger partial charge in [-0.25, -0.2) is 4.39 Å². The number of alkyl halides is 1. The number of fused-ring (bicyclic) bond motifs is 1.